The Balaban J connectivity index is 1.79. The maximum Gasteiger partial charge on any atom is 0.290 e. The number of aryl methyl sites for hydroxylation is 1. The van der Waals surface area contributed by atoms with Crippen molar-refractivity contribution in [1.29, 1.82) is 0 Å². The van der Waals surface area contributed by atoms with Crippen LogP contribution >= 0.6 is 0 Å². The van der Waals surface area contributed by atoms with Gasteiger partial charge in [0.15, 0.2) is 5.76 Å². The summed E-state index contributed by atoms with van der Waals surface area (Å²) in [6, 6.07) is 23.1. The van der Waals surface area contributed by atoms with Gasteiger partial charge in [0.25, 0.3) is 5.91 Å². The van der Waals surface area contributed by atoms with Gasteiger partial charge in [0, 0.05) is 12.1 Å². The number of nitrogens with zero attached hydrogens (tertiary/aromatic N) is 1. The van der Waals surface area contributed by atoms with Gasteiger partial charge in [0.05, 0.1) is 6.04 Å². The Morgan fingerprint density at radius 2 is 1.57 bits per heavy atom. The molecule has 0 radical (unpaired) electrons. The molecule has 3 nitrogen and oxygen atoms in total. The first-order chi connectivity index (χ1) is 13.5. The summed E-state index contributed by atoms with van der Waals surface area (Å²) in [4.78, 5) is 14.6. The van der Waals surface area contributed by atoms with Gasteiger partial charge in [-0.3, -0.25) is 4.79 Å². The average Bonchev–Trinajstić information content (AvgIpc) is 2.96. The van der Waals surface area contributed by atoms with E-state index >= 15 is 0 Å². The third-order valence-electron chi connectivity index (χ3n) is 5.05. The molecular formula is C24H20FNO2. The molecule has 0 saturated carbocycles. The Kier molecular flexibility index (Phi) is 4.70. The highest BCUT2D eigenvalue weighted by molar-refractivity contribution is 6.05. The molecule has 1 atom stereocenters. The van der Waals surface area contributed by atoms with Crippen molar-refractivity contribution in [1.82, 2.24) is 4.90 Å². The molecule has 0 aromatic heterocycles. The van der Waals surface area contributed by atoms with Gasteiger partial charge < -0.3 is 10.0 Å². The van der Waals surface area contributed by atoms with Gasteiger partial charge in [-0.25, -0.2) is 4.39 Å². The second kappa shape index (κ2) is 7.31. The number of hydrogen-bond acceptors (Lipinski definition) is 2. The topological polar surface area (TPSA) is 40.5 Å². The number of benzene rings is 3. The van der Waals surface area contributed by atoms with E-state index in [2.05, 4.69) is 0 Å². The normalized spacial score (nSPS) is 16.7. The standard InChI is InChI=1S/C24H20FNO2/c1-16-7-11-18(12-8-16)21-22(19-5-3-2-4-6-19)26(24(28)23(21)27)15-17-9-13-20(25)14-10-17/h2-14,22,27H,15H2,1H3. The van der Waals surface area contributed by atoms with Crippen molar-refractivity contribution in [3.05, 3.63) is 113 Å². The summed E-state index contributed by atoms with van der Waals surface area (Å²) < 4.78 is 13.3. The molecule has 0 saturated heterocycles. The number of aliphatic hydroxyl groups is 1. The van der Waals surface area contributed by atoms with Crippen LogP contribution in [0.5, 0.6) is 0 Å². The minimum Gasteiger partial charge on any atom is -0.503 e. The Labute approximate surface area is 163 Å². The highest BCUT2D eigenvalue weighted by Crippen LogP contribution is 2.43. The van der Waals surface area contributed by atoms with Gasteiger partial charge in [0.1, 0.15) is 5.82 Å². The van der Waals surface area contributed by atoms with Crippen LogP contribution in [0.2, 0.25) is 0 Å². The number of carbonyl (C=O) groups is 1. The lowest BCUT2D eigenvalue weighted by Gasteiger charge is -2.27. The van der Waals surface area contributed by atoms with Crippen molar-refractivity contribution in [2.24, 2.45) is 0 Å². The predicted molar refractivity (Wildman–Crippen MR) is 107 cm³/mol. The smallest absolute Gasteiger partial charge is 0.290 e. The lowest BCUT2D eigenvalue weighted by atomic mass is 9.93. The van der Waals surface area contributed by atoms with Crippen LogP contribution in [0.15, 0.2) is 84.6 Å². The van der Waals surface area contributed by atoms with E-state index in [9.17, 15) is 14.3 Å². The maximum absolute atomic E-state index is 13.3. The van der Waals surface area contributed by atoms with Crippen LogP contribution in [0, 0.1) is 12.7 Å². The van der Waals surface area contributed by atoms with Crippen LogP contribution in [0.3, 0.4) is 0 Å². The third-order valence-corrected chi connectivity index (χ3v) is 5.05. The number of aliphatic hydroxyl groups excluding tert-OH is 1. The quantitative estimate of drug-likeness (QED) is 0.684. The van der Waals surface area contributed by atoms with Crippen molar-refractivity contribution < 1.29 is 14.3 Å². The largest absolute Gasteiger partial charge is 0.503 e. The molecule has 3 aromatic rings. The van der Waals surface area contributed by atoms with E-state index in [0.717, 1.165) is 22.3 Å². The van der Waals surface area contributed by atoms with E-state index in [0.29, 0.717) is 5.57 Å². The minimum absolute atomic E-state index is 0.236. The summed E-state index contributed by atoms with van der Waals surface area (Å²) in [7, 11) is 0. The van der Waals surface area contributed by atoms with Gasteiger partial charge in [0.2, 0.25) is 0 Å². The van der Waals surface area contributed by atoms with Crippen molar-refractivity contribution in [2.45, 2.75) is 19.5 Å². The molecule has 1 N–H and O–H groups in total. The van der Waals surface area contributed by atoms with Crippen LogP contribution in [0.25, 0.3) is 5.57 Å². The Hall–Kier alpha value is -3.40. The van der Waals surface area contributed by atoms with E-state index in [1.165, 1.54) is 12.1 Å². The molecule has 0 bridgehead atoms. The first kappa shape index (κ1) is 18.0. The minimum atomic E-state index is -0.422. The van der Waals surface area contributed by atoms with Crippen LogP contribution in [0.4, 0.5) is 4.39 Å². The second-order valence-electron chi connectivity index (χ2n) is 7.00. The summed E-state index contributed by atoms with van der Waals surface area (Å²) in [5.74, 6) is -0.981. The number of hydrogen-bond donors (Lipinski definition) is 1. The third kappa shape index (κ3) is 3.29. The summed E-state index contributed by atoms with van der Waals surface area (Å²) in [6.07, 6.45) is 0. The molecule has 0 fully saturated rings. The van der Waals surface area contributed by atoms with Gasteiger partial charge in [-0.05, 0) is 35.7 Å². The molecule has 0 aliphatic carbocycles. The van der Waals surface area contributed by atoms with Gasteiger partial charge in [-0.2, -0.15) is 0 Å². The molecule has 4 rings (SSSR count). The molecule has 1 heterocycles. The molecule has 1 amide bonds. The maximum atomic E-state index is 13.3. The zero-order chi connectivity index (χ0) is 19.7. The zero-order valence-corrected chi connectivity index (χ0v) is 15.5. The number of halogens is 1. The fourth-order valence-electron chi connectivity index (χ4n) is 3.61. The van der Waals surface area contributed by atoms with Gasteiger partial charge >= 0.3 is 0 Å². The molecular weight excluding hydrogens is 353 g/mol. The van der Waals surface area contributed by atoms with E-state index in [1.54, 1.807) is 17.0 Å². The second-order valence-corrected chi connectivity index (χ2v) is 7.00. The predicted octanol–water partition coefficient (Wildman–Crippen LogP) is 5.19. The van der Waals surface area contributed by atoms with Crippen molar-refractivity contribution in [3.8, 4) is 0 Å². The van der Waals surface area contributed by atoms with Crippen molar-refractivity contribution >= 4 is 11.5 Å². The van der Waals surface area contributed by atoms with E-state index in [1.807, 2.05) is 61.5 Å². The molecule has 4 heteroatoms. The first-order valence-electron chi connectivity index (χ1n) is 9.15. The molecule has 3 aromatic carbocycles. The Bertz CT molecular complexity index is 1020. The highest BCUT2D eigenvalue weighted by atomic mass is 19.1. The monoisotopic (exact) mass is 373 g/mol. The van der Waals surface area contributed by atoms with E-state index in [4.69, 9.17) is 0 Å². The Morgan fingerprint density at radius 3 is 2.21 bits per heavy atom. The molecule has 28 heavy (non-hydrogen) atoms. The van der Waals surface area contributed by atoms with Crippen LogP contribution in [0.1, 0.15) is 28.3 Å². The number of rotatable bonds is 4. The van der Waals surface area contributed by atoms with E-state index < -0.39 is 11.9 Å². The molecule has 0 spiro atoms. The van der Waals surface area contributed by atoms with Crippen LogP contribution in [-0.4, -0.2) is 15.9 Å². The Morgan fingerprint density at radius 1 is 0.929 bits per heavy atom. The summed E-state index contributed by atoms with van der Waals surface area (Å²) in [6.45, 7) is 2.27. The van der Waals surface area contributed by atoms with Crippen molar-refractivity contribution in [2.75, 3.05) is 0 Å². The van der Waals surface area contributed by atoms with Crippen LogP contribution < -0.4 is 0 Å². The van der Waals surface area contributed by atoms with Crippen LogP contribution in [-0.2, 0) is 11.3 Å². The first-order valence-corrected chi connectivity index (χ1v) is 9.15. The lowest BCUT2D eigenvalue weighted by Crippen LogP contribution is -2.29. The van der Waals surface area contributed by atoms with Gasteiger partial charge in [-0.15, -0.1) is 0 Å². The summed E-state index contributed by atoms with van der Waals surface area (Å²) in [5.41, 5.74) is 4.23. The average molecular weight is 373 g/mol. The molecule has 1 aliphatic heterocycles. The van der Waals surface area contributed by atoms with E-state index in [-0.39, 0.29) is 18.1 Å². The molecule has 1 aliphatic rings. The zero-order valence-electron chi connectivity index (χ0n) is 15.5. The fourth-order valence-corrected chi connectivity index (χ4v) is 3.61. The SMILES string of the molecule is Cc1ccc(C2=C(O)C(=O)N(Cc3ccc(F)cc3)C2c2ccccc2)cc1. The number of carbonyl (C=O) groups excluding carboxylic acids is 1. The van der Waals surface area contributed by atoms with Crippen molar-refractivity contribution in [3.63, 3.8) is 0 Å². The molecule has 1 unspecified atom stereocenters. The highest BCUT2D eigenvalue weighted by Gasteiger charge is 2.40. The molecule has 140 valence electrons. The fraction of sp³-hybridized carbons (Fsp3) is 0.125. The van der Waals surface area contributed by atoms with Gasteiger partial charge in [-0.1, -0.05) is 72.3 Å². The summed E-state index contributed by atoms with van der Waals surface area (Å²) in [5, 5.41) is 10.7. The lowest BCUT2D eigenvalue weighted by molar-refractivity contribution is -0.130. The summed E-state index contributed by atoms with van der Waals surface area (Å²) >= 11 is 0. The number of amides is 1.